The number of aliphatic hydroxyl groups is 1. The number of hydrogen-bond donors (Lipinski definition) is 3. The second kappa shape index (κ2) is 8.05. The van der Waals surface area contributed by atoms with E-state index in [1.807, 2.05) is 0 Å². The van der Waals surface area contributed by atoms with Crippen molar-refractivity contribution in [3.8, 4) is 0 Å². The van der Waals surface area contributed by atoms with Gasteiger partial charge in [-0.3, -0.25) is 0 Å². The van der Waals surface area contributed by atoms with Crippen LogP contribution in [0, 0.1) is 0 Å². The lowest BCUT2D eigenvalue weighted by Crippen LogP contribution is -2.53. The topological polar surface area (TPSA) is 70.6 Å². The zero-order valence-electron chi connectivity index (χ0n) is 14.9. The third-order valence-corrected chi connectivity index (χ3v) is 6.21. The van der Waals surface area contributed by atoms with Crippen molar-refractivity contribution in [1.29, 1.82) is 0 Å². The minimum absolute atomic E-state index is 0.00787. The van der Waals surface area contributed by atoms with Crippen molar-refractivity contribution in [1.82, 2.24) is 10.6 Å². The van der Waals surface area contributed by atoms with Crippen LogP contribution in [0.2, 0.25) is 0 Å². The molecule has 2 amide bonds. The molecular weight excluding hydrogens is 304 g/mol. The number of carbonyl (C=O) groups excluding carboxylic acids is 1. The highest BCUT2D eigenvalue weighted by molar-refractivity contribution is 5.74. The van der Waals surface area contributed by atoms with Gasteiger partial charge in [-0.1, -0.05) is 44.9 Å². The van der Waals surface area contributed by atoms with E-state index in [-0.39, 0.29) is 17.7 Å². The second-order valence-electron chi connectivity index (χ2n) is 8.25. The molecule has 3 rings (SSSR count). The van der Waals surface area contributed by atoms with Crippen LogP contribution in [0.15, 0.2) is 0 Å². The third kappa shape index (κ3) is 4.85. The fourth-order valence-electron chi connectivity index (χ4n) is 4.74. The predicted molar refractivity (Wildman–Crippen MR) is 94.0 cm³/mol. The van der Waals surface area contributed by atoms with Gasteiger partial charge in [0.05, 0.1) is 11.2 Å². The maximum atomic E-state index is 12.3. The summed E-state index contributed by atoms with van der Waals surface area (Å²) in [6, 6.07) is 0.0613. The van der Waals surface area contributed by atoms with Crippen molar-refractivity contribution in [2.24, 2.45) is 0 Å². The Morgan fingerprint density at radius 2 is 1.62 bits per heavy atom. The molecule has 0 radical (unpaired) electrons. The average Bonchev–Trinajstić information content (AvgIpc) is 2.79. The molecule has 0 bridgehead atoms. The van der Waals surface area contributed by atoms with Gasteiger partial charge in [-0.2, -0.15) is 0 Å². The van der Waals surface area contributed by atoms with Gasteiger partial charge in [0.25, 0.3) is 0 Å². The summed E-state index contributed by atoms with van der Waals surface area (Å²) < 4.78 is 6.09. The highest BCUT2D eigenvalue weighted by Gasteiger charge is 2.39. The normalized spacial score (nSPS) is 29.6. The zero-order chi connectivity index (χ0) is 16.9. The lowest BCUT2D eigenvalue weighted by atomic mass is 9.78. The molecule has 3 N–H and O–H groups in total. The van der Waals surface area contributed by atoms with Crippen molar-refractivity contribution in [2.45, 2.75) is 101 Å². The molecule has 1 unspecified atom stereocenters. The van der Waals surface area contributed by atoms with Crippen LogP contribution in [-0.2, 0) is 4.74 Å². The van der Waals surface area contributed by atoms with Crippen LogP contribution in [-0.4, -0.2) is 41.5 Å². The van der Waals surface area contributed by atoms with E-state index in [1.54, 1.807) is 0 Å². The van der Waals surface area contributed by atoms with Crippen LogP contribution in [0.25, 0.3) is 0 Å². The fourth-order valence-corrected chi connectivity index (χ4v) is 4.74. The first-order valence-corrected chi connectivity index (χ1v) is 10.0. The Hall–Kier alpha value is -0.810. The predicted octanol–water partition coefficient (Wildman–Crippen LogP) is 3.25. The molecule has 5 heteroatoms. The molecular formula is C19H34N2O3. The summed E-state index contributed by atoms with van der Waals surface area (Å²) in [5.74, 6) is 0. The van der Waals surface area contributed by atoms with Gasteiger partial charge in [-0.15, -0.1) is 0 Å². The maximum Gasteiger partial charge on any atom is 0.315 e. The lowest BCUT2D eigenvalue weighted by molar-refractivity contribution is -0.107. The molecule has 138 valence electrons. The molecule has 1 saturated heterocycles. The monoisotopic (exact) mass is 338 g/mol. The second-order valence-corrected chi connectivity index (χ2v) is 8.25. The molecule has 1 heterocycles. The fraction of sp³-hybridized carbons (Fsp3) is 0.947. The minimum Gasteiger partial charge on any atom is -0.388 e. The molecule has 5 nitrogen and oxygen atoms in total. The molecule has 3 fully saturated rings. The molecule has 0 aromatic heterocycles. The van der Waals surface area contributed by atoms with Gasteiger partial charge in [-0.05, 0) is 38.5 Å². The lowest BCUT2D eigenvalue weighted by Gasteiger charge is -2.43. The smallest absolute Gasteiger partial charge is 0.315 e. The van der Waals surface area contributed by atoms with Crippen LogP contribution < -0.4 is 10.6 Å². The summed E-state index contributed by atoms with van der Waals surface area (Å²) in [4.78, 5) is 12.3. The van der Waals surface area contributed by atoms with Crippen LogP contribution in [0.3, 0.4) is 0 Å². The maximum absolute atomic E-state index is 12.3. The van der Waals surface area contributed by atoms with Crippen molar-refractivity contribution >= 4 is 6.03 Å². The van der Waals surface area contributed by atoms with Crippen LogP contribution in [0.4, 0.5) is 4.79 Å². The highest BCUT2D eigenvalue weighted by atomic mass is 16.5. The first kappa shape index (κ1) is 18.0. The van der Waals surface area contributed by atoms with E-state index in [0.29, 0.717) is 6.54 Å². The van der Waals surface area contributed by atoms with E-state index in [9.17, 15) is 9.90 Å². The quantitative estimate of drug-likeness (QED) is 0.692. The molecule has 24 heavy (non-hydrogen) atoms. The SMILES string of the molecule is O=C(NCC1(O)CCCCCC1)NC1CCOC2(CCCCC2)C1. The van der Waals surface area contributed by atoms with Crippen LogP contribution in [0.5, 0.6) is 0 Å². The molecule has 0 aromatic carbocycles. The van der Waals surface area contributed by atoms with Crippen molar-refractivity contribution in [3.05, 3.63) is 0 Å². The summed E-state index contributed by atoms with van der Waals surface area (Å²) in [5, 5.41) is 16.7. The van der Waals surface area contributed by atoms with Crippen LogP contribution in [0.1, 0.15) is 83.5 Å². The molecule has 1 atom stereocenters. The van der Waals surface area contributed by atoms with E-state index < -0.39 is 5.60 Å². The van der Waals surface area contributed by atoms with E-state index in [2.05, 4.69) is 10.6 Å². The Morgan fingerprint density at radius 3 is 2.33 bits per heavy atom. The molecule has 1 aliphatic heterocycles. The number of hydrogen-bond acceptors (Lipinski definition) is 3. The van der Waals surface area contributed by atoms with E-state index in [4.69, 9.17) is 4.74 Å². The average molecular weight is 338 g/mol. The van der Waals surface area contributed by atoms with Crippen molar-refractivity contribution < 1.29 is 14.6 Å². The molecule has 3 aliphatic rings. The first-order valence-electron chi connectivity index (χ1n) is 10.0. The summed E-state index contributed by atoms with van der Waals surface area (Å²) in [6.07, 6.45) is 14.0. The zero-order valence-corrected chi connectivity index (χ0v) is 14.9. The number of carbonyl (C=O) groups is 1. The standard InChI is InChI=1S/C19H34N2O3/c22-17(20-15-18(23)9-4-1-2-5-10-18)21-16-8-13-24-19(14-16)11-6-3-7-12-19/h16,23H,1-15H2,(H2,20,21,22). The Labute approximate surface area is 145 Å². The number of amides is 2. The van der Waals surface area contributed by atoms with Gasteiger partial charge in [0, 0.05) is 19.2 Å². The van der Waals surface area contributed by atoms with Gasteiger partial charge in [0.1, 0.15) is 0 Å². The Bertz CT molecular complexity index is 407. The first-order chi connectivity index (χ1) is 11.6. The summed E-state index contributed by atoms with van der Waals surface area (Å²) >= 11 is 0. The number of nitrogens with one attached hydrogen (secondary N) is 2. The van der Waals surface area contributed by atoms with Crippen molar-refractivity contribution in [2.75, 3.05) is 13.2 Å². The van der Waals surface area contributed by atoms with E-state index >= 15 is 0 Å². The van der Waals surface area contributed by atoms with Gasteiger partial charge in [0.2, 0.25) is 0 Å². The highest BCUT2D eigenvalue weighted by Crippen LogP contribution is 2.38. The van der Waals surface area contributed by atoms with Gasteiger partial charge in [0.15, 0.2) is 0 Å². The molecule has 0 aromatic rings. The largest absolute Gasteiger partial charge is 0.388 e. The number of ether oxygens (including phenoxy) is 1. The molecule has 1 spiro atoms. The molecule has 2 saturated carbocycles. The van der Waals surface area contributed by atoms with Gasteiger partial charge in [-0.25, -0.2) is 4.79 Å². The Balaban J connectivity index is 1.44. The van der Waals surface area contributed by atoms with E-state index in [1.165, 1.54) is 32.1 Å². The molecule has 2 aliphatic carbocycles. The van der Waals surface area contributed by atoms with Crippen LogP contribution >= 0.6 is 0 Å². The van der Waals surface area contributed by atoms with E-state index in [0.717, 1.165) is 58.0 Å². The number of urea groups is 1. The minimum atomic E-state index is -0.714. The Morgan fingerprint density at radius 1 is 1.00 bits per heavy atom. The van der Waals surface area contributed by atoms with Gasteiger partial charge >= 0.3 is 6.03 Å². The Kier molecular flexibility index (Phi) is 6.03. The summed E-state index contributed by atoms with van der Waals surface area (Å²) in [6.45, 7) is 1.11. The van der Waals surface area contributed by atoms with Crippen molar-refractivity contribution in [3.63, 3.8) is 0 Å². The third-order valence-electron chi connectivity index (χ3n) is 6.21. The van der Waals surface area contributed by atoms with Gasteiger partial charge < -0.3 is 20.5 Å². The summed E-state index contributed by atoms with van der Waals surface area (Å²) in [5.41, 5.74) is -0.706. The number of rotatable bonds is 3. The summed E-state index contributed by atoms with van der Waals surface area (Å²) in [7, 11) is 0.